The number of piperidine rings is 2. The van der Waals surface area contributed by atoms with Crippen LogP contribution >= 0.6 is 0 Å². The number of nitriles is 2. The van der Waals surface area contributed by atoms with Crippen LogP contribution in [0.4, 0.5) is 0 Å². The van der Waals surface area contributed by atoms with Crippen LogP contribution in [0.3, 0.4) is 0 Å². The molecule has 0 radical (unpaired) electrons. The van der Waals surface area contributed by atoms with Gasteiger partial charge in [-0.05, 0) is 58.1 Å². The molecule has 2 aliphatic carbocycles. The summed E-state index contributed by atoms with van der Waals surface area (Å²) in [4.78, 5) is 33.3. The minimum Gasteiger partial charge on any atom is -0.378 e. The molecule has 11 nitrogen and oxygen atoms in total. The first-order valence-corrected chi connectivity index (χ1v) is 16.0. The van der Waals surface area contributed by atoms with E-state index in [0.29, 0.717) is 11.4 Å². The highest BCUT2D eigenvalue weighted by molar-refractivity contribution is 6.10. The summed E-state index contributed by atoms with van der Waals surface area (Å²) in [5, 5.41) is 28.9. The maximum atomic E-state index is 12.4. The van der Waals surface area contributed by atoms with Crippen LogP contribution in [0.2, 0.25) is 0 Å². The number of pyridine rings is 2. The number of allylic oxidation sites excluding steroid dienone is 2. The van der Waals surface area contributed by atoms with Crippen LogP contribution in [-0.2, 0) is 31.9 Å². The van der Waals surface area contributed by atoms with Gasteiger partial charge in [0.1, 0.15) is 23.3 Å². The van der Waals surface area contributed by atoms with Gasteiger partial charge in [0, 0.05) is 99.5 Å². The Morgan fingerprint density at radius 1 is 0.809 bits per heavy atom. The van der Waals surface area contributed by atoms with Gasteiger partial charge in [0.05, 0.1) is 22.6 Å². The van der Waals surface area contributed by atoms with Crippen molar-refractivity contribution < 1.29 is 29.0 Å². The third-order valence-electron chi connectivity index (χ3n) is 10.2. The van der Waals surface area contributed by atoms with Crippen LogP contribution in [0.15, 0.2) is 35.7 Å². The lowest BCUT2D eigenvalue weighted by Crippen LogP contribution is -2.44. The highest BCUT2D eigenvalue weighted by atomic mass is 16.5. The van der Waals surface area contributed by atoms with Crippen LogP contribution in [0.25, 0.3) is 11.4 Å². The molecule has 0 atom stereocenters. The molecule has 246 valence electrons. The minimum atomic E-state index is -0.191. The molecule has 4 heterocycles. The monoisotopic (exact) mass is 639 g/mol. The summed E-state index contributed by atoms with van der Waals surface area (Å²) in [6.07, 6.45) is 7.16. The van der Waals surface area contributed by atoms with Crippen molar-refractivity contribution in [2.45, 2.75) is 77.4 Å². The smallest absolute Gasteiger partial charge is 0.231 e. The number of hydrogen-bond acceptors (Lipinski definition) is 10. The molecule has 4 aliphatic rings. The van der Waals surface area contributed by atoms with Crippen molar-refractivity contribution in [3.05, 3.63) is 69.3 Å². The Hall–Kier alpha value is -4.58. The summed E-state index contributed by atoms with van der Waals surface area (Å²) in [6.45, 7) is 10.9. The van der Waals surface area contributed by atoms with E-state index in [1.807, 2.05) is 19.1 Å². The number of aryl methyl sites for hydroxylation is 2. The lowest BCUT2D eigenvalue weighted by atomic mass is 9.86. The van der Waals surface area contributed by atoms with E-state index in [4.69, 9.17) is 9.47 Å². The Bertz CT molecular complexity index is 1750. The number of hydrogen-bond donors (Lipinski definition) is 1. The standard InChI is InChI=1S/C18H22N3O3.C18H21N3O2/c1-12-8-14-13(11-21(12)23)9-16(22)15(10-19)17(14)20-6-4-18(2,24-3)5-7-20;1-12-8-14-13(11-20-12)9-16(22)15(10-19)17(14)21-6-4-18(2,23-3)5-7-21/h8,11,23H,4-7,9H2,1-3H3;8,11H,4-7,9H2,1-3H3/q+1;. The first-order valence-electron chi connectivity index (χ1n) is 16.0. The molecule has 2 fully saturated rings. The van der Waals surface area contributed by atoms with Crippen LogP contribution < -0.4 is 4.73 Å². The number of aromatic nitrogens is 2. The summed E-state index contributed by atoms with van der Waals surface area (Å²) >= 11 is 0. The van der Waals surface area contributed by atoms with Gasteiger partial charge in [0.2, 0.25) is 11.9 Å². The number of rotatable bonds is 4. The molecular weight excluding hydrogens is 596 g/mol. The molecule has 2 aromatic rings. The SMILES string of the molecule is COC1(C)CCN(C2=C(C#N)C(=O)Cc3c[n+](O)c(C)cc32)CC1.COC1(C)CCN(C2=C(C#N)C(=O)Cc3cnc(C)cc32)CC1. The van der Waals surface area contributed by atoms with Crippen LogP contribution in [0.5, 0.6) is 0 Å². The fourth-order valence-corrected chi connectivity index (χ4v) is 6.76. The fraction of sp³-hybridized carbons (Fsp3) is 0.500. The number of nitrogens with zero attached hydrogens (tertiary/aromatic N) is 6. The largest absolute Gasteiger partial charge is 0.378 e. The molecule has 2 saturated heterocycles. The number of likely N-dealkylation sites (tertiary alicyclic amines) is 2. The van der Waals surface area contributed by atoms with Crippen molar-refractivity contribution in [1.82, 2.24) is 14.8 Å². The van der Waals surface area contributed by atoms with E-state index in [9.17, 15) is 25.3 Å². The average molecular weight is 640 g/mol. The number of methoxy groups -OCH3 is 2. The quantitative estimate of drug-likeness (QED) is 0.389. The zero-order valence-electron chi connectivity index (χ0n) is 28.1. The molecule has 0 bridgehead atoms. The molecule has 6 rings (SSSR count). The zero-order chi connectivity index (χ0) is 34.1. The summed E-state index contributed by atoms with van der Waals surface area (Å²) in [5.41, 5.74) is 6.77. The predicted molar refractivity (Wildman–Crippen MR) is 172 cm³/mol. The Morgan fingerprint density at radius 3 is 1.70 bits per heavy atom. The molecular formula is C36H43N6O5+. The maximum absolute atomic E-state index is 12.4. The lowest BCUT2D eigenvalue weighted by Gasteiger charge is -2.41. The highest BCUT2D eigenvalue weighted by Crippen LogP contribution is 2.37. The van der Waals surface area contributed by atoms with Gasteiger partial charge in [-0.2, -0.15) is 10.5 Å². The lowest BCUT2D eigenvalue weighted by molar-refractivity contribution is -0.909. The Morgan fingerprint density at radius 2 is 1.26 bits per heavy atom. The van der Waals surface area contributed by atoms with Gasteiger partial charge in [-0.15, -0.1) is 0 Å². The molecule has 11 heteroatoms. The van der Waals surface area contributed by atoms with Gasteiger partial charge in [-0.3, -0.25) is 19.8 Å². The highest BCUT2D eigenvalue weighted by Gasteiger charge is 2.37. The molecule has 0 aromatic carbocycles. The second-order valence-electron chi connectivity index (χ2n) is 13.3. The number of carbonyl (C=O) groups excluding carboxylic acids is 2. The number of ketones is 2. The molecule has 1 N–H and O–H groups in total. The summed E-state index contributed by atoms with van der Waals surface area (Å²) in [5.74, 6) is -0.301. The van der Waals surface area contributed by atoms with E-state index in [1.54, 1.807) is 33.5 Å². The Labute approximate surface area is 276 Å². The van der Waals surface area contributed by atoms with Gasteiger partial charge >= 0.3 is 0 Å². The number of Topliss-reactive ketones (excluding diaryl/α,β-unsaturated/α-hetero) is 2. The summed E-state index contributed by atoms with van der Waals surface area (Å²) < 4.78 is 12.2. The second-order valence-corrected chi connectivity index (χ2v) is 13.3. The van der Waals surface area contributed by atoms with E-state index in [-0.39, 0.29) is 46.8 Å². The fourth-order valence-electron chi connectivity index (χ4n) is 6.76. The van der Waals surface area contributed by atoms with Gasteiger partial charge in [0.15, 0.2) is 11.6 Å². The van der Waals surface area contributed by atoms with Crippen molar-refractivity contribution in [2.24, 2.45) is 0 Å². The van der Waals surface area contributed by atoms with Crippen LogP contribution in [0.1, 0.15) is 73.2 Å². The van der Waals surface area contributed by atoms with Gasteiger partial charge < -0.3 is 19.3 Å². The molecule has 0 unspecified atom stereocenters. The van der Waals surface area contributed by atoms with Crippen LogP contribution in [0, 0.1) is 36.5 Å². The van der Waals surface area contributed by atoms with E-state index >= 15 is 0 Å². The van der Waals surface area contributed by atoms with Crippen LogP contribution in [-0.4, -0.2) is 83.2 Å². The van der Waals surface area contributed by atoms with Crippen molar-refractivity contribution >= 4 is 23.0 Å². The minimum absolute atomic E-state index is 0.110. The average Bonchev–Trinajstić information content (AvgIpc) is 3.06. The number of carbonyl (C=O) groups is 2. The van der Waals surface area contributed by atoms with Crippen molar-refractivity contribution in [3.8, 4) is 12.1 Å². The Kier molecular flexibility index (Phi) is 9.53. The third kappa shape index (κ3) is 6.64. The summed E-state index contributed by atoms with van der Waals surface area (Å²) in [7, 11) is 3.46. The second kappa shape index (κ2) is 13.3. The first kappa shape index (κ1) is 33.8. The zero-order valence-corrected chi connectivity index (χ0v) is 28.1. The molecule has 0 amide bonds. The van der Waals surface area contributed by atoms with Gasteiger partial charge in [-0.1, -0.05) is 0 Å². The normalized spacial score (nSPS) is 20.1. The Balaban J connectivity index is 0.000000185. The van der Waals surface area contributed by atoms with E-state index in [1.165, 1.54) is 0 Å². The van der Waals surface area contributed by atoms with Crippen molar-refractivity contribution in [2.75, 3.05) is 40.4 Å². The number of fused-ring (bicyclic) bond motifs is 2. The van der Waals surface area contributed by atoms with Crippen molar-refractivity contribution in [3.63, 3.8) is 0 Å². The molecule has 2 aromatic heterocycles. The van der Waals surface area contributed by atoms with E-state index in [2.05, 4.69) is 40.8 Å². The van der Waals surface area contributed by atoms with E-state index < -0.39 is 0 Å². The van der Waals surface area contributed by atoms with Gasteiger partial charge in [-0.25, -0.2) is 0 Å². The molecule has 2 aliphatic heterocycles. The third-order valence-corrected chi connectivity index (χ3v) is 10.2. The molecule has 0 spiro atoms. The maximum Gasteiger partial charge on any atom is 0.231 e. The number of ether oxygens (including phenoxy) is 2. The molecule has 0 saturated carbocycles. The van der Waals surface area contributed by atoms with Crippen molar-refractivity contribution in [1.29, 1.82) is 10.5 Å². The van der Waals surface area contributed by atoms with E-state index in [0.717, 1.165) is 90.2 Å². The predicted octanol–water partition coefficient (Wildman–Crippen LogP) is 3.63. The summed E-state index contributed by atoms with van der Waals surface area (Å²) in [6, 6.07) is 8.06. The van der Waals surface area contributed by atoms with Gasteiger partial charge in [0.25, 0.3) is 0 Å². The molecule has 47 heavy (non-hydrogen) atoms. The first-order chi connectivity index (χ1) is 22.4. The topological polar surface area (TPSA) is 144 Å².